The average molecular weight is 353 g/mol. The first-order valence-corrected chi connectivity index (χ1v) is 8.05. The fourth-order valence-electron chi connectivity index (χ4n) is 2.28. The Kier molecular flexibility index (Phi) is 5.15. The largest absolute Gasteiger partial charge is 0.207 e. The molecule has 0 aromatic heterocycles. The van der Waals surface area contributed by atoms with Gasteiger partial charge in [-0.1, -0.05) is 54.0 Å². The summed E-state index contributed by atoms with van der Waals surface area (Å²) >= 11 is 3.52. The summed E-state index contributed by atoms with van der Waals surface area (Å²) in [6.45, 7) is 5.98. The van der Waals surface area contributed by atoms with Crippen LogP contribution in [0.25, 0.3) is 0 Å². The molecule has 2 atom stereocenters. The summed E-state index contributed by atoms with van der Waals surface area (Å²) in [5.41, 5.74) is 3.15. The Balaban J connectivity index is 2.32. The molecule has 2 rings (SSSR count). The third kappa shape index (κ3) is 3.52. The van der Waals surface area contributed by atoms with E-state index in [4.69, 9.17) is 0 Å². The van der Waals surface area contributed by atoms with E-state index in [1.54, 1.807) is 13.0 Å². The molecule has 0 saturated carbocycles. The summed E-state index contributed by atoms with van der Waals surface area (Å²) < 4.78 is 27.3. The van der Waals surface area contributed by atoms with Gasteiger partial charge in [0.25, 0.3) is 0 Å². The Bertz CT molecular complexity index is 620. The SMILES string of the molecule is CCC(C)c1ccc(C(Br)c2cc(C)c(F)cc2F)cc1. The maximum atomic E-state index is 14.0. The van der Waals surface area contributed by atoms with E-state index in [1.165, 1.54) is 5.56 Å². The molecule has 0 aliphatic carbocycles. The zero-order chi connectivity index (χ0) is 15.6. The summed E-state index contributed by atoms with van der Waals surface area (Å²) in [5, 5.41) is 0. The minimum Gasteiger partial charge on any atom is -0.207 e. The summed E-state index contributed by atoms with van der Waals surface area (Å²) in [7, 11) is 0. The van der Waals surface area contributed by atoms with Gasteiger partial charge in [0.05, 0.1) is 4.83 Å². The number of benzene rings is 2. The number of halogens is 3. The van der Waals surface area contributed by atoms with Crippen LogP contribution in [0.5, 0.6) is 0 Å². The van der Waals surface area contributed by atoms with Gasteiger partial charge in [-0.3, -0.25) is 0 Å². The van der Waals surface area contributed by atoms with Gasteiger partial charge in [0.2, 0.25) is 0 Å². The molecule has 0 nitrogen and oxygen atoms in total. The zero-order valence-electron chi connectivity index (χ0n) is 12.5. The van der Waals surface area contributed by atoms with E-state index >= 15 is 0 Å². The topological polar surface area (TPSA) is 0 Å². The van der Waals surface area contributed by atoms with E-state index in [1.807, 2.05) is 12.1 Å². The van der Waals surface area contributed by atoms with Crippen molar-refractivity contribution < 1.29 is 8.78 Å². The molecule has 2 aromatic carbocycles. The molecule has 0 bridgehead atoms. The third-order valence-electron chi connectivity index (χ3n) is 3.96. The Labute approximate surface area is 133 Å². The number of rotatable bonds is 4. The third-order valence-corrected chi connectivity index (χ3v) is 4.98. The van der Waals surface area contributed by atoms with E-state index in [0.29, 0.717) is 17.0 Å². The van der Waals surface area contributed by atoms with Crippen molar-refractivity contribution in [3.8, 4) is 0 Å². The van der Waals surface area contributed by atoms with Gasteiger partial charge >= 0.3 is 0 Å². The molecule has 3 heteroatoms. The van der Waals surface area contributed by atoms with Crippen LogP contribution < -0.4 is 0 Å². The van der Waals surface area contributed by atoms with E-state index in [-0.39, 0.29) is 4.83 Å². The predicted octanol–water partition coefficient (Wildman–Crippen LogP) is 6.27. The van der Waals surface area contributed by atoms with Crippen LogP contribution in [0.4, 0.5) is 8.78 Å². The zero-order valence-corrected chi connectivity index (χ0v) is 14.0. The van der Waals surface area contributed by atoms with Crippen molar-refractivity contribution in [1.29, 1.82) is 0 Å². The second-order valence-corrected chi connectivity index (χ2v) is 6.38. The Morgan fingerprint density at radius 3 is 2.14 bits per heavy atom. The molecule has 0 radical (unpaired) electrons. The van der Waals surface area contributed by atoms with Crippen LogP contribution in [0.1, 0.15) is 53.3 Å². The van der Waals surface area contributed by atoms with Gasteiger partial charge in [0.15, 0.2) is 0 Å². The minimum absolute atomic E-state index is 0.275. The molecule has 2 aromatic rings. The first-order valence-electron chi connectivity index (χ1n) is 7.13. The second kappa shape index (κ2) is 6.69. The van der Waals surface area contributed by atoms with Gasteiger partial charge in [-0.25, -0.2) is 8.78 Å². The number of alkyl halides is 1. The van der Waals surface area contributed by atoms with Crippen molar-refractivity contribution in [2.24, 2.45) is 0 Å². The van der Waals surface area contributed by atoms with Gasteiger partial charge in [0, 0.05) is 11.6 Å². The first kappa shape index (κ1) is 16.2. The van der Waals surface area contributed by atoms with Crippen molar-refractivity contribution in [3.63, 3.8) is 0 Å². The molecular formula is C18H19BrF2. The Morgan fingerprint density at radius 1 is 1.00 bits per heavy atom. The number of hydrogen-bond donors (Lipinski definition) is 0. The maximum Gasteiger partial charge on any atom is 0.130 e. The molecule has 2 unspecified atom stereocenters. The van der Waals surface area contributed by atoms with Crippen LogP contribution in [0.3, 0.4) is 0 Å². The first-order chi connectivity index (χ1) is 9.93. The fourth-order valence-corrected chi connectivity index (χ4v) is 2.94. The molecule has 0 fully saturated rings. The average Bonchev–Trinajstić information content (AvgIpc) is 2.49. The smallest absolute Gasteiger partial charge is 0.130 e. The van der Waals surface area contributed by atoms with Crippen molar-refractivity contribution in [2.75, 3.05) is 0 Å². The van der Waals surface area contributed by atoms with E-state index in [2.05, 4.69) is 41.9 Å². The van der Waals surface area contributed by atoms with Crippen molar-refractivity contribution in [2.45, 2.75) is 37.9 Å². The van der Waals surface area contributed by atoms with Gasteiger partial charge < -0.3 is 0 Å². The van der Waals surface area contributed by atoms with Gasteiger partial charge in [-0.15, -0.1) is 0 Å². The molecule has 0 spiro atoms. The lowest BCUT2D eigenvalue weighted by Crippen LogP contribution is -2.00. The quantitative estimate of drug-likeness (QED) is 0.568. The number of hydrogen-bond acceptors (Lipinski definition) is 0. The van der Waals surface area contributed by atoms with E-state index in [0.717, 1.165) is 18.1 Å². The molecular weight excluding hydrogens is 334 g/mol. The van der Waals surface area contributed by atoms with E-state index < -0.39 is 11.6 Å². The molecule has 0 N–H and O–H groups in total. The van der Waals surface area contributed by atoms with E-state index in [9.17, 15) is 8.78 Å². The second-order valence-electron chi connectivity index (χ2n) is 5.46. The summed E-state index contributed by atoms with van der Waals surface area (Å²) in [6.07, 6.45) is 1.09. The monoisotopic (exact) mass is 352 g/mol. The van der Waals surface area contributed by atoms with Gasteiger partial charge in [0.1, 0.15) is 11.6 Å². The summed E-state index contributed by atoms with van der Waals surface area (Å²) in [5.74, 6) is -0.522. The standard InChI is InChI=1S/C18H19BrF2/c1-4-11(2)13-5-7-14(8-6-13)18(19)15-9-12(3)16(20)10-17(15)21/h5-11,18H,4H2,1-3H3. The van der Waals surface area contributed by atoms with Crippen LogP contribution in [-0.2, 0) is 0 Å². The lowest BCUT2D eigenvalue weighted by Gasteiger charge is -2.15. The fraction of sp³-hybridized carbons (Fsp3) is 0.333. The van der Waals surface area contributed by atoms with Crippen LogP contribution >= 0.6 is 15.9 Å². The molecule has 0 aliphatic rings. The molecule has 0 aliphatic heterocycles. The Hall–Kier alpha value is -1.22. The molecule has 112 valence electrons. The van der Waals surface area contributed by atoms with Crippen LogP contribution in [0.15, 0.2) is 36.4 Å². The van der Waals surface area contributed by atoms with Crippen molar-refractivity contribution in [3.05, 3.63) is 70.3 Å². The molecule has 0 heterocycles. The normalized spacial score (nSPS) is 14.0. The Morgan fingerprint density at radius 2 is 1.57 bits per heavy atom. The van der Waals surface area contributed by atoms with Gasteiger partial charge in [-0.2, -0.15) is 0 Å². The lowest BCUT2D eigenvalue weighted by atomic mass is 9.95. The van der Waals surface area contributed by atoms with Crippen LogP contribution in [-0.4, -0.2) is 0 Å². The van der Waals surface area contributed by atoms with Crippen LogP contribution in [0, 0.1) is 18.6 Å². The predicted molar refractivity (Wildman–Crippen MR) is 87.0 cm³/mol. The van der Waals surface area contributed by atoms with Crippen molar-refractivity contribution >= 4 is 15.9 Å². The lowest BCUT2D eigenvalue weighted by molar-refractivity contribution is 0.569. The minimum atomic E-state index is -0.522. The van der Waals surface area contributed by atoms with Crippen LogP contribution in [0.2, 0.25) is 0 Å². The molecule has 0 amide bonds. The number of aryl methyl sites for hydroxylation is 1. The summed E-state index contributed by atoms with van der Waals surface area (Å²) in [6, 6.07) is 10.7. The van der Waals surface area contributed by atoms with Gasteiger partial charge in [-0.05, 0) is 42.0 Å². The highest BCUT2D eigenvalue weighted by Gasteiger charge is 2.17. The van der Waals surface area contributed by atoms with Crippen molar-refractivity contribution in [1.82, 2.24) is 0 Å². The highest BCUT2D eigenvalue weighted by atomic mass is 79.9. The summed E-state index contributed by atoms with van der Waals surface area (Å²) in [4.78, 5) is -0.275. The molecule has 21 heavy (non-hydrogen) atoms. The molecule has 0 saturated heterocycles. The maximum absolute atomic E-state index is 14.0. The highest BCUT2D eigenvalue weighted by molar-refractivity contribution is 9.09. The highest BCUT2D eigenvalue weighted by Crippen LogP contribution is 2.34.